The normalized spacial score (nSPS) is 18.4. The number of rotatable bonds is 35. The number of amides is 8. The summed E-state index contributed by atoms with van der Waals surface area (Å²) in [6.45, 7) is 18.3. The van der Waals surface area contributed by atoms with Gasteiger partial charge in [0.05, 0.1) is 48.8 Å². The van der Waals surface area contributed by atoms with Crippen molar-refractivity contribution < 1.29 is 57.7 Å². The SMILES string of the molecule is CCC(C)C(CCC(C)C(=O)C(NC(=O)C(C(C)C)N(C)CCCC(=O)NNC(=O)CCCCCN1C(=O)C=CC1=O)C(C)C)C(CC(=O)N1CCCC1C(OC)C(C)C(=O)NC(C(=O)NCc1ccccc1)C(C)O)OC. The number of ether oxygens (including phenoxy) is 2. The van der Waals surface area contributed by atoms with Gasteiger partial charge in [-0.1, -0.05) is 98.6 Å². The van der Waals surface area contributed by atoms with E-state index in [2.05, 4.69) is 40.6 Å². The minimum atomic E-state index is -1.21. The summed E-state index contributed by atoms with van der Waals surface area (Å²) >= 11 is 0. The van der Waals surface area contributed by atoms with E-state index >= 15 is 0 Å². The maximum Gasteiger partial charge on any atom is 0.253 e. The Bertz CT molecular complexity index is 2140. The lowest BCUT2D eigenvalue weighted by Crippen LogP contribution is -2.56. The molecule has 0 bridgehead atoms. The lowest BCUT2D eigenvalue weighted by atomic mass is 9.79. The zero-order valence-corrected chi connectivity index (χ0v) is 48.6. The highest BCUT2D eigenvalue weighted by molar-refractivity contribution is 6.12. The molecule has 0 saturated carbocycles. The number of likely N-dealkylation sites (tertiary alicyclic amines) is 1. The number of ketones is 1. The van der Waals surface area contributed by atoms with Crippen LogP contribution in [0.5, 0.6) is 0 Å². The summed E-state index contributed by atoms with van der Waals surface area (Å²) in [6, 6.07) is 6.33. The number of likely N-dealkylation sites (N-methyl/N-ethyl adjacent to an activating group) is 1. The summed E-state index contributed by atoms with van der Waals surface area (Å²) in [7, 11) is 4.91. The molecular weight excluding hydrogens is 1000 g/mol. The third-order valence-electron chi connectivity index (χ3n) is 15.6. The van der Waals surface area contributed by atoms with Crippen molar-refractivity contribution in [2.45, 2.75) is 188 Å². The molecule has 2 aliphatic heterocycles. The van der Waals surface area contributed by atoms with Crippen LogP contribution >= 0.6 is 0 Å². The molecular formula is C58H94N8O12. The molecule has 1 aromatic rings. The number of hydrogen-bond acceptors (Lipinski definition) is 13. The van der Waals surface area contributed by atoms with Gasteiger partial charge >= 0.3 is 0 Å². The molecule has 1 aromatic carbocycles. The van der Waals surface area contributed by atoms with Crippen LogP contribution in [-0.4, -0.2) is 156 Å². The molecule has 78 heavy (non-hydrogen) atoms. The Morgan fingerprint density at radius 2 is 1.37 bits per heavy atom. The summed E-state index contributed by atoms with van der Waals surface area (Å²) in [5, 5.41) is 19.1. The number of nitrogens with zero attached hydrogens (tertiary/aromatic N) is 3. The number of nitrogens with one attached hydrogen (secondary N) is 5. The van der Waals surface area contributed by atoms with E-state index in [1.165, 1.54) is 26.2 Å². The first-order valence-electron chi connectivity index (χ1n) is 28.3. The number of methoxy groups -OCH3 is 2. The Labute approximate surface area is 463 Å². The maximum absolute atomic E-state index is 14.3. The smallest absolute Gasteiger partial charge is 0.253 e. The predicted octanol–water partition coefficient (Wildman–Crippen LogP) is 4.37. The molecule has 11 unspecified atom stereocenters. The van der Waals surface area contributed by atoms with E-state index in [4.69, 9.17) is 9.47 Å². The maximum atomic E-state index is 14.3. The third kappa shape index (κ3) is 20.6. The number of hydrazine groups is 1. The van der Waals surface area contributed by atoms with Crippen molar-refractivity contribution in [3.05, 3.63) is 48.0 Å². The fourth-order valence-electron chi connectivity index (χ4n) is 10.7. The lowest BCUT2D eigenvalue weighted by molar-refractivity contribution is -0.143. The first-order chi connectivity index (χ1) is 37.0. The summed E-state index contributed by atoms with van der Waals surface area (Å²) < 4.78 is 12.0. The molecule has 0 radical (unpaired) electrons. The number of imide groups is 1. The third-order valence-corrected chi connectivity index (χ3v) is 15.6. The summed E-state index contributed by atoms with van der Waals surface area (Å²) in [5.74, 6) is -4.40. The molecule has 2 aliphatic rings. The number of aliphatic hydroxyl groups excluding tert-OH is 1. The van der Waals surface area contributed by atoms with Crippen molar-refractivity contribution >= 4 is 53.0 Å². The van der Waals surface area contributed by atoms with Crippen molar-refractivity contribution in [3.8, 4) is 0 Å². The number of carbonyl (C=O) groups is 9. The highest BCUT2D eigenvalue weighted by Gasteiger charge is 2.42. The predicted molar refractivity (Wildman–Crippen MR) is 296 cm³/mol. The molecule has 11 atom stereocenters. The van der Waals surface area contributed by atoms with E-state index in [1.54, 1.807) is 18.9 Å². The van der Waals surface area contributed by atoms with Crippen LogP contribution in [0.2, 0.25) is 0 Å². The zero-order chi connectivity index (χ0) is 58.2. The molecule has 3 rings (SSSR count). The van der Waals surface area contributed by atoms with Crippen LogP contribution < -0.4 is 26.8 Å². The van der Waals surface area contributed by atoms with E-state index in [9.17, 15) is 48.3 Å². The summed E-state index contributed by atoms with van der Waals surface area (Å²) in [4.78, 5) is 123. The number of aliphatic hydroxyl groups is 1. The highest BCUT2D eigenvalue weighted by atomic mass is 16.5. The van der Waals surface area contributed by atoms with E-state index in [0.29, 0.717) is 71.0 Å². The van der Waals surface area contributed by atoms with Gasteiger partial charge in [0.25, 0.3) is 11.8 Å². The molecule has 8 amide bonds. The molecule has 2 heterocycles. The zero-order valence-electron chi connectivity index (χ0n) is 48.6. The van der Waals surface area contributed by atoms with Crippen molar-refractivity contribution in [1.29, 1.82) is 0 Å². The summed E-state index contributed by atoms with van der Waals surface area (Å²) in [6.07, 6.45) is 5.82. The van der Waals surface area contributed by atoms with Gasteiger partial charge < -0.3 is 35.4 Å². The van der Waals surface area contributed by atoms with Crippen LogP contribution in [0.15, 0.2) is 42.5 Å². The van der Waals surface area contributed by atoms with Gasteiger partial charge in [-0.05, 0) is 94.7 Å². The average Bonchev–Trinajstić information content (AvgIpc) is 4.03. The standard InChI is InChI=1S/C58H94N8O12/c1-13-38(6)43(45(77-11)34-50(72)65-33-20-24-44(65)55(78-12)40(8)56(74)61-52(41(9)67)57(75)59-35-42-22-16-14-17-23-42)28-27-39(7)54(73)51(36(2)3)60-58(76)53(37(4)5)64(10)31-21-26-47(69)63-62-46(68)25-18-15-19-32-66-48(70)29-30-49(66)71/h14,16-17,22-23,29-30,36-41,43-45,51-53,55,67H,13,15,18-21,24-28,31-35H2,1-12H3,(H,59,75)(H,60,76)(H,61,74)(H,62,68)(H,63,69). The molecule has 0 aliphatic carbocycles. The Balaban J connectivity index is 1.55. The highest BCUT2D eigenvalue weighted by Crippen LogP contribution is 2.33. The number of carbonyl (C=O) groups excluding carboxylic acids is 9. The average molecular weight is 1100 g/mol. The van der Waals surface area contributed by atoms with Crippen LogP contribution in [-0.2, 0) is 59.2 Å². The molecule has 1 fully saturated rings. The minimum Gasteiger partial charge on any atom is -0.391 e. The quantitative estimate of drug-likeness (QED) is 0.0314. The second-order valence-electron chi connectivity index (χ2n) is 22.2. The minimum absolute atomic E-state index is 0.0825. The van der Waals surface area contributed by atoms with E-state index in [-0.39, 0.29) is 90.7 Å². The molecule has 1 saturated heterocycles. The number of unbranched alkanes of at least 4 members (excludes halogenated alkanes) is 2. The van der Waals surface area contributed by atoms with Crippen LogP contribution in [0.4, 0.5) is 0 Å². The van der Waals surface area contributed by atoms with Gasteiger partial charge in [0, 0.05) is 64.8 Å². The van der Waals surface area contributed by atoms with Crippen molar-refractivity contribution in [3.63, 3.8) is 0 Å². The van der Waals surface area contributed by atoms with Crippen molar-refractivity contribution in [2.75, 3.05) is 40.9 Å². The lowest BCUT2D eigenvalue weighted by Gasteiger charge is -2.36. The number of Topliss-reactive ketones (excluding diaryl/α,β-unsaturated/α-hetero) is 1. The van der Waals surface area contributed by atoms with Crippen molar-refractivity contribution in [2.24, 2.45) is 35.5 Å². The molecule has 0 aromatic heterocycles. The van der Waals surface area contributed by atoms with E-state index < -0.39 is 66.1 Å². The monoisotopic (exact) mass is 1090 g/mol. The van der Waals surface area contributed by atoms with Gasteiger partial charge in [-0.25, -0.2) is 0 Å². The fraction of sp³-hybridized carbons (Fsp3) is 0.707. The molecule has 20 nitrogen and oxygen atoms in total. The Morgan fingerprint density at radius 1 is 0.756 bits per heavy atom. The van der Waals surface area contributed by atoms with E-state index in [0.717, 1.165) is 16.9 Å². The van der Waals surface area contributed by atoms with Gasteiger partial charge in [-0.2, -0.15) is 0 Å². The van der Waals surface area contributed by atoms with Crippen LogP contribution in [0.1, 0.15) is 145 Å². The summed E-state index contributed by atoms with van der Waals surface area (Å²) in [5.41, 5.74) is 5.74. The fourth-order valence-corrected chi connectivity index (χ4v) is 10.7. The molecule has 438 valence electrons. The van der Waals surface area contributed by atoms with Crippen LogP contribution in [0.25, 0.3) is 0 Å². The van der Waals surface area contributed by atoms with Gasteiger partial charge in [0.15, 0.2) is 5.78 Å². The largest absolute Gasteiger partial charge is 0.391 e. The van der Waals surface area contributed by atoms with Gasteiger partial charge in [-0.3, -0.25) is 63.8 Å². The number of hydrogen-bond donors (Lipinski definition) is 6. The second-order valence-corrected chi connectivity index (χ2v) is 22.2. The van der Waals surface area contributed by atoms with E-state index in [1.807, 2.05) is 76.9 Å². The molecule has 20 heteroatoms. The molecule has 0 spiro atoms. The van der Waals surface area contributed by atoms with Crippen molar-refractivity contribution in [1.82, 2.24) is 41.5 Å². The van der Waals surface area contributed by atoms with Gasteiger partial charge in [0.2, 0.25) is 35.4 Å². The Morgan fingerprint density at radius 3 is 1.94 bits per heavy atom. The second kappa shape index (κ2) is 33.8. The Kier molecular flexibility index (Phi) is 28.9. The molecule has 6 N–H and O–H groups in total. The van der Waals surface area contributed by atoms with Gasteiger partial charge in [0.1, 0.15) is 6.04 Å². The van der Waals surface area contributed by atoms with Crippen LogP contribution in [0.3, 0.4) is 0 Å². The Hall–Kier alpha value is -5.57. The first-order valence-corrected chi connectivity index (χ1v) is 28.3. The topological polar surface area (TPSA) is 262 Å². The van der Waals surface area contributed by atoms with Gasteiger partial charge in [-0.15, -0.1) is 0 Å². The number of benzene rings is 1. The first kappa shape index (κ1) is 66.7. The van der Waals surface area contributed by atoms with Crippen LogP contribution in [0, 0.1) is 35.5 Å².